The zero-order valence-corrected chi connectivity index (χ0v) is 23.7. The smallest absolute Gasteiger partial charge is 0.326 e. The summed E-state index contributed by atoms with van der Waals surface area (Å²) in [4.78, 5) is 43.6. The standard InChI is InChI=1S/C33H39N3O4/c1-23-12-11-17-27(18-23)36(32(34)39)29-21-26(25-15-9-6-10-16-25)20-28(19-24-13-7-5-8-14-24)35(31(29)38)22-30(37)40-33(2,3)4/h5-18,26,28-29H,19-22H2,1-4H3,(H2,34,39). The molecule has 3 unspecified atom stereocenters. The molecule has 1 fully saturated rings. The van der Waals surface area contributed by atoms with Crippen molar-refractivity contribution in [3.05, 3.63) is 102 Å². The van der Waals surface area contributed by atoms with Crippen LogP contribution in [0.3, 0.4) is 0 Å². The lowest BCUT2D eigenvalue weighted by Gasteiger charge is -2.35. The van der Waals surface area contributed by atoms with Crippen LogP contribution in [0.2, 0.25) is 0 Å². The van der Waals surface area contributed by atoms with Gasteiger partial charge < -0.3 is 15.4 Å². The fourth-order valence-corrected chi connectivity index (χ4v) is 5.54. The molecular formula is C33H39N3O4. The Morgan fingerprint density at radius 2 is 1.60 bits per heavy atom. The third-order valence-corrected chi connectivity index (χ3v) is 7.21. The van der Waals surface area contributed by atoms with Crippen LogP contribution in [-0.2, 0) is 20.7 Å². The van der Waals surface area contributed by atoms with Crippen LogP contribution in [0.1, 0.15) is 56.2 Å². The molecule has 0 aromatic heterocycles. The van der Waals surface area contributed by atoms with Crippen LogP contribution in [0.25, 0.3) is 0 Å². The van der Waals surface area contributed by atoms with Gasteiger partial charge in [-0.3, -0.25) is 14.5 Å². The van der Waals surface area contributed by atoms with Crippen LogP contribution in [0.5, 0.6) is 0 Å². The first-order valence-electron chi connectivity index (χ1n) is 13.8. The molecule has 3 atom stereocenters. The van der Waals surface area contributed by atoms with Gasteiger partial charge in [0, 0.05) is 11.7 Å². The van der Waals surface area contributed by atoms with Crippen molar-refractivity contribution in [3.63, 3.8) is 0 Å². The summed E-state index contributed by atoms with van der Waals surface area (Å²) < 4.78 is 5.65. The number of nitrogens with two attached hydrogens (primary N) is 1. The monoisotopic (exact) mass is 541 g/mol. The van der Waals surface area contributed by atoms with Gasteiger partial charge in [-0.2, -0.15) is 0 Å². The average Bonchev–Trinajstić information content (AvgIpc) is 3.01. The number of carbonyl (C=O) groups excluding carboxylic acids is 3. The number of primary amides is 1. The minimum atomic E-state index is -0.896. The predicted octanol–water partition coefficient (Wildman–Crippen LogP) is 5.61. The van der Waals surface area contributed by atoms with Crippen LogP contribution < -0.4 is 10.6 Å². The van der Waals surface area contributed by atoms with Crippen molar-refractivity contribution in [2.45, 2.75) is 70.6 Å². The maximum absolute atomic E-state index is 14.5. The SMILES string of the molecule is Cc1cccc(N(C(N)=O)C2CC(c3ccccc3)CC(Cc3ccccc3)N(CC(=O)OC(C)(C)C)C2=O)c1. The van der Waals surface area contributed by atoms with E-state index >= 15 is 0 Å². The molecule has 7 heteroatoms. The maximum Gasteiger partial charge on any atom is 0.326 e. The van der Waals surface area contributed by atoms with Crippen LogP contribution >= 0.6 is 0 Å². The van der Waals surface area contributed by atoms with E-state index in [-0.39, 0.29) is 24.4 Å². The van der Waals surface area contributed by atoms with Gasteiger partial charge in [0.05, 0.1) is 0 Å². The highest BCUT2D eigenvalue weighted by Crippen LogP contribution is 2.36. The highest BCUT2D eigenvalue weighted by Gasteiger charge is 2.43. The maximum atomic E-state index is 14.5. The number of amides is 3. The molecule has 1 saturated heterocycles. The number of hydrogen-bond acceptors (Lipinski definition) is 4. The van der Waals surface area contributed by atoms with Crippen molar-refractivity contribution >= 4 is 23.6 Å². The van der Waals surface area contributed by atoms with Gasteiger partial charge in [0.2, 0.25) is 5.91 Å². The zero-order chi connectivity index (χ0) is 28.9. The van der Waals surface area contributed by atoms with Gasteiger partial charge in [0.15, 0.2) is 0 Å². The van der Waals surface area contributed by atoms with E-state index in [4.69, 9.17) is 10.5 Å². The number of hydrogen-bond donors (Lipinski definition) is 1. The second-order valence-corrected chi connectivity index (χ2v) is 11.5. The number of carbonyl (C=O) groups is 3. The summed E-state index contributed by atoms with van der Waals surface area (Å²) in [5, 5.41) is 0. The molecule has 0 radical (unpaired) electrons. The van der Waals surface area contributed by atoms with E-state index in [9.17, 15) is 14.4 Å². The molecule has 0 aliphatic carbocycles. The molecule has 2 N–H and O–H groups in total. The summed E-state index contributed by atoms with van der Waals surface area (Å²) in [5.74, 6) is -0.860. The number of likely N-dealkylation sites (tertiary alicyclic amines) is 1. The van der Waals surface area contributed by atoms with Crippen molar-refractivity contribution in [3.8, 4) is 0 Å². The van der Waals surface area contributed by atoms with Crippen molar-refractivity contribution < 1.29 is 19.1 Å². The summed E-state index contributed by atoms with van der Waals surface area (Å²) in [6.45, 7) is 7.12. The molecule has 4 rings (SSSR count). The van der Waals surface area contributed by atoms with Crippen LogP contribution in [0, 0.1) is 6.92 Å². The fraction of sp³-hybridized carbons (Fsp3) is 0.364. The lowest BCUT2D eigenvalue weighted by molar-refractivity contribution is -0.160. The van der Waals surface area contributed by atoms with Gasteiger partial charge in [-0.15, -0.1) is 0 Å². The number of urea groups is 1. The number of ether oxygens (including phenoxy) is 1. The highest BCUT2D eigenvalue weighted by atomic mass is 16.6. The van der Waals surface area contributed by atoms with E-state index in [0.29, 0.717) is 24.9 Å². The number of rotatable bonds is 7. The molecule has 1 aliphatic heterocycles. The van der Waals surface area contributed by atoms with Gasteiger partial charge in [0.1, 0.15) is 18.2 Å². The fourth-order valence-electron chi connectivity index (χ4n) is 5.54. The molecule has 40 heavy (non-hydrogen) atoms. The molecule has 7 nitrogen and oxygen atoms in total. The normalized spacial score (nSPS) is 19.6. The molecule has 1 heterocycles. The first kappa shape index (κ1) is 28.9. The van der Waals surface area contributed by atoms with Crippen molar-refractivity contribution in [1.82, 2.24) is 4.90 Å². The Balaban J connectivity index is 1.81. The Morgan fingerprint density at radius 1 is 0.950 bits per heavy atom. The molecule has 210 valence electrons. The van der Waals surface area contributed by atoms with E-state index in [1.807, 2.05) is 73.7 Å². The Hall–Kier alpha value is -4.13. The Morgan fingerprint density at radius 3 is 2.20 bits per heavy atom. The third kappa shape index (κ3) is 7.29. The minimum absolute atomic E-state index is 0.0563. The first-order valence-corrected chi connectivity index (χ1v) is 13.8. The van der Waals surface area contributed by atoms with Crippen LogP contribution in [0.15, 0.2) is 84.9 Å². The molecule has 3 aromatic carbocycles. The van der Waals surface area contributed by atoms with Crippen LogP contribution in [0.4, 0.5) is 10.5 Å². The summed E-state index contributed by atoms with van der Waals surface area (Å²) in [5.41, 5.74) is 8.89. The molecule has 3 amide bonds. The first-order chi connectivity index (χ1) is 19.0. The Labute approximate surface area is 236 Å². The summed E-state index contributed by atoms with van der Waals surface area (Å²) in [6.07, 6.45) is 1.55. The molecule has 3 aromatic rings. The zero-order valence-electron chi connectivity index (χ0n) is 23.7. The van der Waals surface area contributed by atoms with Gasteiger partial charge in [-0.05, 0) is 81.7 Å². The van der Waals surface area contributed by atoms with Crippen LogP contribution in [-0.4, -0.2) is 47.0 Å². The topological polar surface area (TPSA) is 92.9 Å². The van der Waals surface area contributed by atoms with Gasteiger partial charge in [-0.1, -0.05) is 72.8 Å². The number of anilines is 1. The van der Waals surface area contributed by atoms with Gasteiger partial charge in [0.25, 0.3) is 0 Å². The third-order valence-electron chi connectivity index (χ3n) is 7.21. The Bertz CT molecular complexity index is 1320. The average molecular weight is 542 g/mol. The Kier molecular flexibility index (Phi) is 8.93. The van der Waals surface area contributed by atoms with Crippen molar-refractivity contribution in [2.75, 3.05) is 11.4 Å². The largest absolute Gasteiger partial charge is 0.459 e. The number of benzene rings is 3. The number of aryl methyl sites for hydroxylation is 1. The summed E-state index contributed by atoms with van der Waals surface area (Å²) >= 11 is 0. The molecule has 0 bridgehead atoms. The predicted molar refractivity (Wildman–Crippen MR) is 157 cm³/mol. The van der Waals surface area contributed by atoms with Gasteiger partial charge in [-0.25, -0.2) is 4.79 Å². The van der Waals surface area contributed by atoms with E-state index in [1.165, 1.54) is 4.90 Å². The number of esters is 1. The summed E-state index contributed by atoms with van der Waals surface area (Å²) in [7, 11) is 0. The molecule has 0 saturated carbocycles. The minimum Gasteiger partial charge on any atom is -0.459 e. The van der Waals surface area contributed by atoms with E-state index in [1.54, 1.807) is 31.7 Å². The molecule has 0 spiro atoms. The quantitative estimate of drug-likeness (QED) is 0.394. The molecule has 1 aliphatic rings. The number of nitrogens with zero attached hydrogens (tertiary/aromatic N) is 2. The van der Waals surface area contributed by atoms with E-state index < -0.39 is 23.6 Å². The lowest BCUT2D eigenvalue weighted by atomic mass is 9.86. The van der Waals surface area contributed by atoms with Crippen molar-refractivity contribution in [1.29, 1.82) is 0 Å². The second-order valence-electron chi connectivity index (χ2n) is 11.5. The lowest BCUT2D eigenvalue weighted by Crippen LogP contribution is -2.55. The van der Waals surface area contributed by atoms with Gasteiger partial charge >= 0.3 is 12.0 Å². The summed E-state index contributed by atoms with van der Waals surface area (Å²) in [6, 6.07) is 25.5. The van der Waals surface area contributed by atoms with E-state index in [2.05, 4.69) is 12.1 Å². The van der Waals surface area contributed by atoms with Crippen molar-refractivity contribution in [2.24, 2.45) is 5.73 Å². The highest BCUT2D eigenvalue weighted by molar-refractivity contribution is 6.00. The molecular weight excluding hydrogens is 502 g/mol. The van der Waals surface area contributed by atoms with E-state index in [0.717, 1.165) is 16.7 Å². The second kappa shape index (κ2) is 12.4.